The van der Waals surface area contributed by atoms with Gasteiger partial charge in [0.1, 0.15) is 5.75 Å². The summed E-state index contributed by atoms with van der Waals surface area (Å²) in [5.41, 5.74) is 2.19. The molecule has 1 aromatic carbocycles. The molecule has 6 heteroatoms. The summed E-state index contributed by atoms with van der Waals surface area (Å²) in [6, 6.07) is 6.45. The van der Waals surface area contributed by atoms with Gasteiger partial charge >= 0.3 is 7.48 Å². The lowest BCUT2D eigenvalue weighted by Crippen LogP contribution is -2.45. The molecule has 1 unspecified atom stereocenters. The molecule has 1 heterocycles. The van der Waals surface area contributed by atoms with Crippen molar-refractivity contribution in [3.8, 4) is 5.75 Å². The third-order valence-corrected chi connectivity index (χ3v) is 6.35. The summed E-state index contributed by atoms with van der Waals surface area (Å²) in [5.74, 6) is 3.29. The first-order valence-electron chi connectivity index (χ1n) is 8.16. The highest BCUT2D eigenvalue weighted by atomic mass is 32.2. The van der Waals surface area contributed by atoms with Gasteiger partial charge in [-0.15, -0.1) is 9.24 Å². The number of rotatable bonds is 6. The van der Waals surface area contributed by atoms with E-state index in [9.17, 15) is 0 Å². The maximum Gasteiger partial charge on any atom is 0.309 e. The molecule has 0 aliphatic carbocycles. The minimum atomic E-state index is -0.220. The van der Waals surface area contributed by atoms with Gasteiger partial charge in [-0.2, -0.15) is 11.8 Å². The van der Waals surface area contributed by atoms with E-state index in [2.05, 4.69) is 60.0 Å². The smallest absolute Gasteiger partial charge is 0.309 e. The molecule has 0 amide bonds. The molecule has 1 aliphatic rings. The first-order chi connectivity index (χ1) is 10.7. The van der Waals surface area contributed by atoms with E-state index in [4.69, 9.17) is 9.39 Å². The van der Waals surface area contributed by atoms with E-state index in [1.165, 1.54) is 22.7 Å². The zero-order chi connectivity index (χ0) is 17.1. The highest BCUT2D eigenvalue weighted by Crippen LogP contribution is 2.33. The van der Waals surface area contributed by atoms with E-state index < -0.39 is 0 Å². The van der Waals surface area contributed by atoms with Gasteiger partial charge < -0.3 is 14.3 Å². The van der Waals surface area contributed by atoms with Crippen molar-refractivity contribution in [3.05, 3.63) is 18.2 Å². The fourth-order valence-electron chi connectivity index (χ4n) is 2.30. The van der Waals surface area contributed by atoms with Crippen molar-refractivity contribution in [1.29, 1.82) is 0 Å². The lowest BCUT2D eigenvalue weighted by atomic mass is 9.83. The van der Waals surface area contributed by atoms with Gasteiger partial charge in [-0.25, -0.2) is 0 Å². The van der Waals surface area contributed by atoms with Crippen LogP contribution in [0.15, 0.2) is 18.2 Å². The van der Waals surface area contributed by atoms with Crippen molar-refractivity contribution >= 4 is 39.6 Å². The van der Waals surface area contributed by atoms with Crippen LogP contribution in [0.2, 0.25) is 0 Å². The van der Waals surface area contributed by atoms with Crippen LogP contribution in [-0.4, -0.2) is 49.9 Å². The van der Waals surface area contributed by atoms with Gasteiger partial charge in [-0.05, 0) is 31.4 Å². The van der Waals surface area contributed by atoms with Gasteiger partial charge in [0.2, 0.25) is 0 Å². The molecule has 0 aromatic heterocycles. The van der Waals surface area contributed by atoms with E-state index in [-0.39, 0.29) is 10.8 Å². The Hall–Kier alpha value is -0.375. The monoisotopic (exact) mass is 353 g/mol. The maximum atomic E-state index is 6.22. The lowest BCUT2D eigenvalue weighted by molar-refractivity contribution is 0.0841. The lowest BCUT2D eigenvalue weighted by Gasteiger charge is -2.39. The largest absolute Gasteiger partial charge is 0.497 e. The zero-order valence-corrected chi connectivity index (χ0v) is 17.0. The number of thioether (sulfide) groups is 1. The van der Waals surface area contributed by atoms with Gasteiger partial charge in [0.25, 0.3) is 0 Å². The normalized spacial score (nSPS) is 16.3. The van der Waals surface area contributed by atoms with E-state index in [1.54, 1.807) is 7.11 Å². The van der Waals surface area contributed by atoms with Crippen LogP contribution in [0.5, 0.6) is 5.75 Å². The molecule has 1 aliphatic heterocycles. The summed E-state index contributed by atoms with van der Waals surface area (Å²) in [7, 11) is 5.21. The van der Waals surface area contributed by atoms with Gasteiger partial charge in [-0.3, -0.25) is 0 Å². The third-order valence-electron chi connectivity index (χ3n) is 4.71. The van der Waals surface area contributed by atoms with Crippen LogP contribution in [0.4, 0.5) is 5.69 Å². The highest BCUT2D eigenvalue weighted by molar-refractivity contribution is 7.99. The predicted octanol–water partition coefficient (Wildman–Crippen LogP) is 2.67. The molecule has 0 saturated carbocycles. The second-order valence-electron chi connectivity index (χ2n) is 7.16. The van der Waals surface area contributed by atoms with Gasteiger partial charge in [0.05, 0.1) is 12.7 Å². The van der Waals surface area contributed by atoms with Crippen LogP contribution in [-0.2, 0) is 4.65 Å². The molecular formula is C17H29BNO2PS. The number of methoxy groups -OCH3 is 1. The summed E-state index contributed by atoms with van der Waals surface area (Å²) in [6.07, 6.45) is 0. The molecule has 23 heavy (non-hydrogen) atoms. The first kappa shape index (κ1) is 19.0. The Morgan fingerprint density at radius 3 is 2.35 bits per heavy atom. The number of hydrogen-bond donors (Lipinski definition) is 0. The number of nitrogens with zero attached hydrogens (tertiary/aromatic N) is 1. The van der Waals surface area contributed by atoms with Gasteiger partial charge in [0.15, 0.2) is 0 Å². The van der Waals surface area contributed by atoms with Crippen molar-refractivity contribution in [1.82, 2.24) is 0 Å². The van der Waals surface area contributed by atoms with Crippen LogP contribution < -0.4 is 15.1 Å². The Labute approximate surface area is 148 Å². The molecule has 1 aromatic rings. The van der Waals surface area contributed by atoms with Crippen LogP contribution in [0.3, 0.4) is 0 Å². The summed E-state index contributed by atoms with van der Waals surface area (Å²) in [5, 5.41) is 0.0127. The minimum Gasteiger partial charge on any atom is -0.497 e. The average Bonchev–Trinajstić information content (AvgIpc) is 2.52. The van der Waals surface area contributed by atoms with Crippen LogP contribution in [0.1, 0.15) is 27.7 Å². The Balaban J connectivity index is 2.15. The Morgan fingerprint density at radius 1 is 1.13 bits per heavy atom. The molecule has 1 fully saturated rings. The molecule has 128 valence electrons. The van der Waals surface area contributed by atoms with Crippen LogP contribution in [0, 0.1) is 0 Å². The molecule has 0 spiro atoms. The van der Waals surface area contributed by atoms with Crippen LogP contribution in [0.25, 0.3) is 0 Å². The fourth-order valence-corrected chi connectivity index (χ4v) is 3.28. The van der Waals surface area contributed by atoms with E-state index in [0.29, 0.717) is 7.48 Å². The second-order valence-corrected chi connectivity index (χ2v) is 9.83. The van der Waals surface area contributed by atoms with Crippen molar-refractivity contribution in [2.75, 3.05) is 36.6 Å². The molecule has 0 N–H and O–H groups in total. The molecule has 3 nitrogen and oxygen atoms in total. The fraction of sp³-hybridized carbons (Fsp3) is 0.647. The standard InChI is InChI=1S/C17H29BNO2PS/c1-16(2,17(3,4)22)21-18-13-10-14(12-15(11-13)20-5)19-6-8-23-9-7-19/h10-12,18H,6-9,22H2,1-5H3. The molecule has 1 atom stereocenters. The Morgan fingerprint density at radius 2 is 1.78 bits per heavy atom. The number of hydrogen-bond acceptors (Lipinski definition) is 4. The first-order valence-corrected chi connectivity index (χ1v) is 9.89. The van der Waals surface area contributed by atoms with Crippen molar-refractivity contribution in [2.45, 2.75) is 38.5 Å². The summed E-state index contributed by atoms with van der Waals surface area (Å²) < 4.78 is 11.7. The number of benzene rings is 1. The highest BCUT2D eigenvalue weighted by Gasteiger charge is 2.33. The summed E-state index contributed by atoms with van der Waals surface area (Å²) >= 11 is 2.02. The number of ether oxygens (including phenoxy) is 1. The topological polar surface area (TPSA) is 21.7 Å². The van der Waals surface area contributed by atoms with E-state index in [0.717, 1.165) is 18.8 Å². The molecule has 2 rings (SSSR count). The molecule has 0 bridgehead atoms. The number of anilines is 1. The van der Waals surface area contributed by atoms with Gasteiger partial charge in [-0.1, -0.05) is 13.8 Å². The predicted molar refractivity (Wildman–Crippen MR) is 108 cm³/mol. The van der Waals surface area contributed by atoms with Crippen molar-refractivity contribution in [3.63, 3.8) is 0 Å². The van der Waals surface area contributed by atoms with Crippen molar-refractivity contribution < 1.29 is 9.39 Å². The SMILES string of the molecule is COc1cc(BOC(C)(C)C(C)(C)P)cc(N2CCSCC2)c1. The molecule has 0 radical (unpaired) electrons. The Bertz CT molecular complexity index is 528. The minimum absolute atomic E-state index is 0.0127. The van der Waals surface area contributed by atoms with E-state index in [1.807, 2.05) is 11.8 Å². The van der Waals surface area contributed by atoms with Gasteiger partial charge in [0, 0.05) is 41.5 Å². The molecule has 1 saturated heterocycles. The van der Waals surface area contributed by atoms with E-state index >= 15 is 0 Å². The Kier molecular flexibility index (Phi) is 6.32. The van der Waals surface area contributed by atoms with Crippen molar-refractivity contribution in [2.24, 2.45) is 0 Å². The quantitative estimate of drug-likeness (QED) is 0.579. The second kappa shape index (κ2) is 7.67. The third kappa shape index (κ3) is 5.05. The zero-order valence-electron chi connectivity index (χ0n) is 15.0. The summed E-state index contributed by atoms with van der Waals surface area (Å²) in [4.78, 5) is 2.44. The maximum absolute atomic E-state index is 6.22. The average molecular weight is 353 g/mol. The molecular weight excluding hydrogens is 324 g/mol. The van der Waals surface area contributed by atoms with Crippen LogP contribution >= 0.6 is 21.0 Å². The summed E-state index contributed by atoms with van der Waals surface area (Å²) in [6.45, 7) is 10.8.